The Labute approximate surface area is 113 Å². The van der Waals surface area contributed by atoms with Gasteiger partial charge < -0.3 is 10.2 Å². The minimum absolute atomic E-state index is 0.436. The summed E-state index contributed by atoms with van der Waals surface area (Å²) in [7, 11) is 0. The second-order valence-electron chi connectivity index (χ2n) is 4.74. The molecule has 102 valence electrons. The number of rotatable bonds is 0. The van der Waals surface area contributed by atoms with E-state index in [1.165, 1.54) is 16.5 Å². The highest BCUT2D eigenvalue weighted by atomic mass is 16.4. The lowest BCUT2D eigenvalue weighted by molar-refractivity contribution is -0.134. The molecule has 0 fully saturated rings. The van der Waals surface area contributed by atoms with Gasteiger partial charge in [-0.15, -0.1) is 0 Å². The lowest BCUT2D eigenvalue weighted by Gasteiger charge is -2.14. The molecule has 2 aromatic rings. The minimum Gasteiger partial charge on any atom is -0.507 e. The molecule has 19 heavy (non-hydrogen) atoms. The predicted octanol–water partition coefficient (Wildman–Crippen LogP) is 3.87. The average Bonchev–Trinajstić information content (AvgIpc) is 2.33. The van der Waals surface area contributed by atoms with Crippen LogP contribution in [0.25, 0.3) is 10.8 Å². The Morgan fingerprint density at radius 3 is 2.05 bits per heavy atom. The molecule has 0 saturated carbocycles. The molecule has 2 N–H and O–H groups in total. The zero-order valence-electron chi connectivity index (χ0n) is 12.0. The number of aryl methyl sites for hydroxylation is 3. The first kappa shape index (κ1) is 15.0. The monoisotopic (exact) mass is 260 g/mol. The van der Waals surface area contributed by atoms with Gasteiger partial charge in [-0.2, -0.15) is 0 Å². The number of carboxylic acids is 1. The van der Waals surface area contributed by atoms with Crippen molar-refractivity contribution in [2.24, 2.45) is 0 Å². The molecular weight excluding hydrogens is 240 g/mol. The Hall–Kier alpha value is -2.03. The Kier molecular flexibility index (Phi) is 4.54. The predicted molar refractivity (Wildman–Crippen MR) is 77.9 cm³/mol. The second-order valence-corrected chi connectivity index (χ2v) is 4.74. The molecular formula is C16H20O3. The van der Waals surface area contributed by atoms with E-state index in [4.69, 9.17) is 9.90 Å². The fourth-order valence-electron chi connectivity index (χ4n) is 2.25. The largest absolute Gasteiger partial charge is 0.507 e. The van der Waals surface area contributed by atoms with Gasteiger partial charge in [0.1, 0.15) is 5.75 Å². The Morgan fingerprint density at radius 1 is 1.00 bits per heavy atom. The third-order valence-corrected chi connectivity index (χ3v) is 3.32. The number of phenolic OH excluding ortho intramolecular Hbond substituents is 1. The average molecular weight is 260 g/mol. The van der Waals surface area contributed by atoms with Crippen LogP contribution in [0.15, 0.2) is 18.2 Å². The van der Waals surface area contributed by atoms with Crippen molar-refractivity contribution < 1.29 is 15.0 Å². The van der Waals surface area contributed by atoms with Gasteiger partial charge in [0.2, 0.25) is 0 Å². The SMILES string of the molecule is CC(=O)O.Cc1c(O)c(C)c2cccc(C)c2c1C. The van der Waals surface area contributed by atoms with E-state index in [0.717, 1.165) is 23.4 Å². The van der Waals surface area contributed by atoms with Gasteiger partial charge in [-0.05, 0) is 60.7 Å². The lowest BCUT2D eigenvalue weighted by Crippen LogP contribution is -1.91. The molecule has 0 bridgehead atoms. The van der Waals surface area contributed by atoms with E-state index in [0.29, 0.717) is 5.75 Å². The highest BCUT2D eigenvalue weighted by Crippen LogP contribution is 2.35. The van der Waals surface area contributed by atoms with Crippen LogP contribution in [0.1, 0.15) is 29.2 Å². The Bertz CT molecular complexity index is 624. The van der Waals surface area contributed by atoms with E-state index in [-0.39, 0.29) is 0 Å². The normalized spacial score (nSPS) is 9.95. The van der Waals surface area contributed by atoms with Crippen molar-refractivity contribution in [2.45, 2.75) is 34.6 Å². The molecule has 0 unspecified atom stereocenters. The number of fused-ring (bicyclic) bond motifs is 1. The van der Waals surface area contributed by atoms with Gasteiger partial charge in [0, 0.05) is 6.92 Å². The van der Waals surface area contributed by atoms with E-state index >= 15 is 0 Å². The van der Waals surface area contributed by atoms with Crippen molar-refractivity contribution in [3.8, 4) is 5.75 Å². The number of benzene rings is 2. The molecule has 3 heteroatoms. The fourth-order valence-corrected chi connectivity index (χ4v) is 2.25. The van der Waals surface area contributed by atoms with Gasteiger partial charge in [-0.3, -0.25) is 4.79 Å². The molecule has 0 aliphatic rings. The molecule has 0 heterocycles. The van der Waals surface area contributed by atoms with Crippen LogP contribution in [0.5, 0.6) is 5.75 Å². The fraction of sp³-hybridized carbons (Fsp3) is 0.312. The molecule has 0 radical (unpaired) electrons. The molecule has 0 aliphatic heterocycles. The maximum absolute atomic E-state index is 9.98. The maximum Gasteiger partial charge on any atom is 0.300 e. The summed E-state index contributed by atoms with van der Waals surface area (Å²) >= 11 is 0. The number of aromatic hydroxyl groups is 1. The highest BCUT2D eigenvalue weighted by Gasteiger charge is 2.11. The molecule has 3 nitrogen and oxygen atoms in total. The Morgan fingerprint density at radius 2 is 1.53 bits per heavy atom. The molecule has 0 aliphatic carbocycles. The van der Waals surface area contributed by atoms with Crippen molar-refractivity contribution in [1.29, 1.82) is 0 Å². The van der Waals surface area contributed by atoms with Gasteiger partial charge in [0.25, 0.3) is 5.97 Å². The smallest absolute Gasteiger partial charge is 0.300 e. The van der Waals surface area contributed by atoms with Crippen molar-refractivity contribution >= 4 is 16.7 Å². The van der Waals surface area contributed by atoms with Crippen LogP contribution in [0.3, 0.4) is 0 Å². The standard InChI is InChI=1S/C14H16O.C2H4O2/c1-8-6-5-7-12-11(4)14(15)10(3)9(2)13(8)12;1-2(3)4/h5-7,15H,1-4H3;1H3,(H,3,4). The van der Waals surface area contributed by atoms with Crippen molar-refractivity contribution in [2.75, 3.05) is 0 Å². The van der Waals surface area contributed by atoms with Gasteiger partial charge in [0.05, 0.1) is 0 Å². The van der Waals surface area contributed by atoms with Gasteiger partial charge >= 0.3 is 0 Å². The van der Waals surface area contributed by atoms with Crippen LogP contribution in [0.2, 0.25) is 0 Å². The molecule has 0 atom stereocenters. The third kappa shape index (κ3) is 3.05. The van der Waals surface area contributed by atoms with Crippen molar-refractivity contribution in [3.05, 3.63) is 40.5 Å². The summed E-state index contributed by atoms with van der Waals surface area (Å²) in [5.41, 5.74) is 4.44. The Balaban J connectivity index is 0.000000399. The first-order chi connectivity index (χ1) is 8.77. The van der Waals surface area contributed by atoms with E-state index in [1.54, 1.807) is 0 Å². The number of carboxylic acid groups (broad SMARTS) is 1. The zero-order chi connectivity index (χ0) is 14.7. The number of hydrogen-bond acceptors (Lipinski definition) is 2. The third-order valence-electron chi connectivity index (χ3n) is 3.32. The summed E-state index contributed by atoms with van der Waals surface area (Å²) in [6, 6.07) is 6.23. The summed E-state index contributed by atoms with van der Waals surface area (Å²) in [4.78, 5) is 9.00. The van der Waals surface area contributed by atoms with E-state index in [1.807, 2.05) is 19.9 Å². The van der Waals surface area contributed by atoms with Gasteiger partial charge in [-0.1, -0.05) is 18.2 Å². The summed E-state index contributed by atoms with van der Waals surface area (Å²) in [5.74, 6) is -0.398. The molecule has 0 amide bonds. The zero-order valence-corrected chi connectivity index (χ0v) is 12.0. The second kappa shape index (κ2) is 5.74. The molecule has 0 aromatic heterocycles. The lowest BCUT2D eigenvalue weighted by atomic mass is 9.93. The molecule has 2 aromatic carbocycles. The first-order valence-electron chi connectivity index (χ1n) is 6.15. The van der Waals surface area contributed by atoms with Crippen LogP contribution in [0, 0.1) is 27.7 Å². The summed E-state index contributed by atoms with van der Waals surface area (Å²) in [5, 5.41) is 19.8. The minimum atomic E-state index is -0.833. The summed E-state index contributed by atoms with van der Waals surface area (Å²) in [6.07, 6.45) is 0. The van der Waals surface area contributed by atoms with Crippen molar-refractivity contribution in [1.82, 2.24) is 0 Å². The quantitative estimate of drug-likeness (QED) is 0.756. The van der Waals surface area contributed by atoms with E-state index in [9.17, 15) is 5.11 Å². The van der Waals surface area contributed by atoms with Crippen LogP contribution in [0.4, 0.5) is 0 Å². The maximum atomic E-state index is 9.98. The first-order valence-corrected chi connectivity index (χ1v) is 6.15. The van der Waals surface area contributed by atoms with E-state index < -0.39 is 5.97 Å². The number of phenols is 1. The molecule has 0 spiro atoms. The number of carbonyl (C=O) groups is 1. The van der Waals surface area contributed by atoms with E-state index in [2.05, 4.69) is 26.0 Å². The number of aliphatic carboxylic acids is 1. The van der Waals surface area contributed by atoms with Crippen LogP contribution in [-0.2, 0) is 4.79 Å². The topological polar surface area (TPSA) is 57.5 Å². The number of hydrogen-bond donors (Lipinski definition) is 2. The molecule has 0 saturated heterocycles. The summed E-state index contributed by atoms with van der Waals surface area (Å²) < 4.78 is 0. The van der Waals surface area contributed by atoms with Crippen LogP contribution < -0.4 is 0 Å². The van der Waals surface area contributed by atoms with Crippen LogP contribution in [-0.4, -0.2) is 16.2 Å². The highest BCUT2D eigenvalue weighted by molar-refractivity contribution is 5.94. The van der Waals surface area contributed by atoms with Crippen LogP contribution >= 0.6 is 0 Å². The van der Waals surface area contributed by atoms with Crippen molar-refractivity contribution in [3.63, 3.8) is 0 Å². The van der Waals surface area contributed by atoms with Gasteiger partial charge in [0.15, 0.2) is 0 Å². The summed E-state index contributed by atoms with van der Waals surface area (Å²) in [6.45, 7) is 9.22. The molecule has 2 rings (SSSR count). The van der Waals surface area contributed by atoms with Gasteiger partial charge in [-0.25, -0.2) is 0 Å².